The van der Waals surface area contributed by atoms with Crippen molar-refractivity contribution in [3.63, 3.8) is 0 Å². The van der Waals surface area contributed by atoms with E-state index in [1.165, 1.54) is 14.0 Å². The molecule has 1 saturated heterocycles. The van der Waals surface area contributed by atoms with E-state index in [1.807, 2.05) is 41.3 Å². The third kappa shape index (κ3) is 4.63. The Bertz CT molecular complexity index is 1100. The highest BCUT2D eigenvalue weighted by Crippen LogP contribution is 2.28. The number of carbonyl (C=O) groups is 2. The van der Waals surface area contributed by atoms with Crippen LogP contribution in [0.15, 0.2) is 54.9 Å². The molecule has 0 saturated carbocycles. The van der Waals surface area contributed by atoms with E-state index in [0.717, 1.165) is 29.8 Å². The van der Waals surface area contributed by atoms with Gasteiger partial charge in [-0.25, -0.2) is 9.97 Å². The Labute approximate surface area is 180 Å². The number of anilines is 4. The molecule has 0 unspecified atom stereocenters. The van der Waals surface area contributed by atoms with Crippen molar-refractivity contribution in [1.82, 2.24) is 9.97 Å². The van der Waals surface area contributed by atoms with Crippen LogP contribution in [0.3, 0.4) is 0 Å². The van der Waals surface area contributed by atoms with Crippen LogP contribution in [-0.2, 0) is 9.59 Å². The number of aromatic nitrogens is 2. The molecule has 0 bridgehead atoms. The quantitative estimate of drug-likeness (QED) is 0.630. The first-order valence-electron chi connectivity index (χ1n) is 9.99. The first-order valence-corrected chi connectivity index (χ1v) is 9.99. The fourth-order valence-electron chi connectivity index (χ4n) is 3.50. The molecule has 2 aromatic heterocycles. The van der Waals surface area contributed by atoms with Gasteiger partial charge in [-0.3, -0.25) is 9.59 Å². The summed E-state index contributed by atoms with van der Waals surface area (Å²) in [6.07, 6.45) is 4.92. The summed E-state index contributed by atoms with van der Waals surface area (Å²) in [6.45, 7) is 2.21. The molecule has 1 aromatic carbocycles. The molecular formula is C23H23N5O3. The topological polar surface area (TPSA) is 96.4 Å². The highest BCUT2D eigenvalue weighted by molar-refractivity contribution is 5.95. The summed E-state index contributed by atoms with van der Waals surface area (Å²) in [5.74, 6) is 0.950. The predicted molar refractivity (Wildman–Crippen MR) is 120 cm³/mol. The van der Waals surface area contributed by atoms with Crippen molar-refractivity contribution >= 4 is 34.7 Å². The average molecular weight is 417 g/mol. The fraction of sp³-hybridized carbons (Fsp3) is 0.217. The van der Waals surface area contributed by atoms with Gasteiger partial charge in [0.2, 0.25) is 17.7 Å². The van der Waals surface area contributed by atoms with Gasteiger partial charge in [0.1, 0.15) is 11.5 Å². The second kappa shape index (κ2) is 8.83. The maximum atomic E-state index is 11.9. The summed E-state index contributed by atoms with van der Waals surface area (Å²) in [4.78, 5) is 33.8. The van der Waals surface area contributed by atoms with Gasteiger partial charge in [0, 0.05) is 37.3 Å². The lowest BCUT2D eigenvalue weighted by molar-refractivity contribution is -0.117. The molecule has 158 valence electrons. The number of hydrogen-bond donors (Lipinski definition) is 2. The molecule has 1 aliphatic rings. The van der Waals surface area contributed by atoms with E-state index in [1.54, 1.807) is 18.5 Å². The highest BCUT2D eigenvalue weighted by Gasteiger charge is 2.21. The van der Waals surface area contributed by atoms with Crippen LogP contribution >= 0.6 is 0 Å². The Morgan fingerprint density at radius 1 is 1.06 bits per heavy atom. The van der Waals surface area contributed by atoms with Crippen molar-refractivity contribution in [3.05, 3.63) is 54.9 Å². The minimum Gasteiger partial charge on any atom is -0.480 e. The Balaban J connectivity index is 1.47. The number of carbonyl (C=O) groups excluding carboxylic acids is 2. The van der Waals surface area contributed by atoms with Gasteiger partial charge < -0.3 is 20.3 Å². The standard InChI is InChI=1S/C23H23N5O3/c1-15(29)26-20-12-18(14-25-23(20)31-2)27-21-10-7-17(13-24-21)16-5-8-19(9-6-16)28-11-3-4-22(28)30/h5-10,12-14H,3-4,11H2,1-2H3,(H,24,27)(H,26,29). The molecule has 2 amide bonds. The summed E-state index contributed by atoms with van der Waals surface area (Å²) in [6, 6.07) is 13.5. The second-order valence-electron chi connectivity index (χ2n) is 7.21. The van der Waals surface area contributed by atoms with E-state index in [0.29, 0.717) is 29.5 Å². The van der Waals surface area contributed by atoms with Crippen molar-refractivity contribution in [3.8, 4) is 17.0 Å². The molecule has 1 fully saturated rings. The number of rotatable bonds is 6. The van der Waals surface area contributed by atoms with Crippen molar-refractivity contribution in [2.24, 2.45) is 0 Å². The van der Waals surface area contributed by atoms with E-state index in [4.69, 9.17) is 4.74 Å². The summed E-state index contributed by atoms with van der Waals surface area (Å²) in [7, 11) is 1.50. The highest BCUT2D eigenvalue weighted by atomic mass is 16.5. The number of hydrogen-bond acceptors (Lipinski definition) is 6. The van der Waals surface area contributed by atoms with Gasteiger partial charge in [-0.2, -0.15) is 0 Å². The fourth-order valence-corrected chi connectivity index (χ4v) is 3.50. The van der Waals surface area contributed by atoms with Gasteiger partial charge in [-0.15, -0.1) is 0 Å². The van der Waals surface area contributed by atoms with Crippen LogP contribution in [0.1, 0.15) is 19.8 Å². The molecule has 8 nitrogen and oxygen atoms in total. The van der Waals surface area contributed by atoms with Gasteiger partial charge in [0.05, 0.1) is 19.0 Å². The zero-order valence-electron chi connectivity index (χ0n) is 17.4. The maximum absolute atomic E-state index is 11.9. The number of pyridine rings is 2. The lowest BCUT2D eigenvalue weighted by Gasteiger charge is -2.16. The lowest BCUT2D eigenvalue weighted by atomic mass is 10.1. The molecule has 0 aliphatic carbocycles. The Hall–Kier alpha value is -3.94. The van der Waals surface area contributed by atoms with Gasteiger partial charge in [-0.05, 0) is 42.3 Å². The molecule has 4 rings (SSSR count). The number of benzene rings is 1. The summed E-state index contributed by atoms with van der Waals surface area (Å²) < 4.78 is 5.17. The van der Waals surface area contributed by atoms with Gasteiger partial charge in [0.25, 0.3) is 0 Å². The molecular weight excluding hydrogens is 394 g/mol. The Kier molecular flexibility index (Phi) is 5.79. The second-order valence-corrected chi connectivity index (χ2v) is 7.21. The van der Waals surface area contributed by atoms with Crippen LogP contribution < -0.4 is 20.3 Å². The molecule has 2 N–H and O–H groups in total. The Morgan fingerprint density at radius 3 is 2.45 bits per heavy atom. The number of nitrogens with zero attached hydrogens (tertiary/aromatic N) is 3. The minimum absolute atomic E-state index is 0.180. The van der Waals surface area contributed by atoms with Crippen molar-refractivity contribution in [2.45, 2.75) is 19.8 Å². The minimum atomic E-state index is -0.208. The molecule has 3 heterocycles. The average Bonchev–Trinajstić information content (AvgIpc) is 3.20. The smallest absolute Gasteiger partial charge is 0.237 e. The van der Waals surface area contributed by atoms with E-state index >= 15 is 0 Å². The zero-order chi connectivity index (χ0) is 21.8. The van der Waals surface area contributed by atoms with Gasteiger partial charge >= 0.3 is 0 Å². The monoisotopic (exact) mass is 417 g/mol. The number of methoxy groups -OCH3 is 1. The van der Waals surface area contributed by atoms with Crippen LogP contribution in [0.2, 0.25) is 0 Å². The normalized spacial score (nSPS) is 13.2. The summed E-state index contributed by atoms with van der Waals surface area (Å²) in [5.41, 5.74) is 4.07. The van der Waals surface area contributed by atoms with Crippen LogP contribution in [0.4, 0.5) is 22.9 Å². The molecule has 0 spiro atoms. The summed E-state index contributed by atoms with van der Waals surface area (Å²) in [5, 5.41) is 5.87. The first kappa shape index (κ1) is 20.3. The third-order valence-electron chi connectivity index (χ3n) is 4.98. The molecule has 3 aromatic rings. The number of nitrogens with one attached hydrogen (secondary N) is 2. The lowest BCUT2D eigenvalue weighted by Crippen LogP contribution is -2.23. The number of ether oxygens (including phenoxy) is 1. The maximum Gasteiger partial charge on any atom is 0.237 e. The van der Waals surface area contributed by atoms with Crippen LogP contribution in [0.5, 0.6) is 5.88 Å². The Morgan fingerprint density at radius 2 is 1.84 bits per heavy atom. The van der Waals surface area contributed by atoms with E-state index in [-0.39, 0.29) is 11.8 Å². The zero-order valence-corrected chi connectivity index (χ0v) is 17.4. The molecule has 0 atom stereocenters. The summed E-state index contributed by atoms with van der Waals surface area (Å²) >= 11 is 0. The van der Waals surface area contributed by atoms with Crippen molar-refractivity contribution < 1.29 is 14.3 Å². The van der Waals surface area contributed by atoms with Gasteiger partial charge in [-0.1, -0.05) is 12.1 Å². The van der Waals surface area contributed by atoms with Gasteiger partial charge in [0.15, 0.2) is 0 Å². The van der Waals surface area contributed by atoms with E-state index in [9.17, 15) is 9.59 Å². The van der Waals surface area contributed by atoms with Crippen LogP contribution in [0.25, 0.3) is 11.1 Å². The van der Waals surface area contributed by atoms with Crippen LogP contribution in [-0.4, -0.2) is 35.4 Å². The van der Waals surface area contributed by atoms with E-state index in [2.05, 4.69) is 20.6 Å². The SMILES string of the molecule is COc1ncc(Nc2ccc(-c3ccc(N4CCCC4=O)cc3)cn2)cc1NC(C)=O. The van der Waals surface area contributed by atoms with E-state index < -0.39 is 0 Å². The number of amides is 2. The molecule has 8 heteroatoms. The first-order chi connectivity index (χ1) is 15.0. The third-order valence-corrected chi connectivity index (χ3v) is 4.98. The van der Waals surface area contributed by atoms with Crippen molar-refractivity contribution in [1.29, 1.82) is 0 Å². The predicted octanol–water partition coefficient (Wildman–Crippen LogP) is 3.98. The molecule has 1 aliphatic heterocycles. The van der Waals surface area contributed by atoms with Crippen molar-refractivity contribution in [2.75, 3.05) is 29.2 Å². The molecule has 0 radical (unpaired) electrons. The largest absolute Gasteiger partial charge is 0.480 e. The molecule has 31 heavy (non-hydrogen) atoms. The van der Waals surface area contributed by atoms with Crippen LogP contribution in [0, 0.1) is 0 Å².